The standard InChI is InChI=1S/C25H26F3N5O5/c1-32(2)11-4-12-33(38-24(36)25(26,27)28)23(35)17-7-10-21(37-3)19(13-17)30-22-15-29-14-20(31-22)16-5-8-18(34)9-6-16/h5-10,13-15,34H,4,11-12H2,1-3H3,(H,30,31). The number of amides is 1. The zero-order valence-corrected chi connectivity index (χ0v) is 20.8. The highest BCUT2D eigenvalue weighted by molar-refractivity contribution is 5.96. The molecule has 2 aromatic carbocycles. The number of rotatable bonds is 9. The number of ether oxygens (including phenoxy) is 1. The highest BCUT2D eigenvalue weighted by Gasteiger charge is 2.43. The molecule has 1 aromatic heterocycles. The summed E-state index contributed by atoms with van der Waals surface area (Å²) in [5.41, 5.74) is 1.39. The first-order valence-corrected chi connectivity index (χ1v) is 11.3. The third-order valence-corrected chi connectivity index (χ3v) is 5.12. The minimum atomic E-state index is -5.27. The molecule has 0 saturated carbocycles. The topological polar surface area (TPSA) is 117 Å². The highest BCUT2D eigenvalue weighted by atomic mass is 19.4. The van der Waals surface area contributed by atoms with E-state index < -0.39 is 18.1 Å². The van der Waals surface area contributed by atoms with E-state index in [-0.39, 0.29) is 35.8 Å². The van der Waals surface area contributed by atoms with E-state index in [2.05, 4.69) is 20.1 Å². The first-order chi connectivity index (χ1) is 18.0. The van der Waals surface area contributed by atoms with Crippen molar-refractivity contribution in [2.45, 2.75) is 12.6 Å². The second-order valence-corrected chi connectivity index (χ2v) is 8.32. The van der Waals surface area contributed by atoms with Crippen LogP contribution in [0.3, 0.4) is 0 Å². The van der Waals surface area contributed by atoms with Gasteiger partial charge in [0, 0.05) is 11.1 Å². The van der Waals surface area contributed by atoms with Gasteiger partial charge >= 0.3 is 12.1 Å². The summed E-state index contributed by atoms with van der Waals surface area (Å²) in [5.74, 6) is -2.76. The number of anilines is 2. The van der Waals surface area contributed by atoms with Crippen LogP contribution in [-0.2, 0) is 9.63 Å². The maximum Gasteiger partial charge on any atom is 0.493 e. The first kappa shape index (κ1) is 28.2. The number of aromatic nitrogens is 2. The van der Waals surface area contributed by atoms with Crippen LogP contribution in [-0.4, -0.2) is 77.4 Å². The molecular weight excluding hydrogens is 507 g/mol. The molecule has 1 heterocycles. The molecule has 0 radical (unpaired) electrons. The molecule has 0 saturated heterocycles. The fourth-order valence-electron chi connectivity index (χ4n) is 3.29. The Balaban J connectivity index is 1.88. The van der Waals surface area contributed by atoms with Crippen LogP contribution in [0.15, 0.2) is 54.9 Å². The lowest BCUT2D eigenvalue weighted by atomic mass is 10.1. The van der Waals surface area contributed by atoms with E-state index in [1.165, 1.54) is 49.8 Å². The summed E-state index contributed by atoms with van der Waals surface area (Å²) in [6.07, 6.45) is -2.06. The van der Waals surface area contributed by atoms with Crippen LogP contribution >= 0.6 is 0 Å². The third-order valence-electron chi connectivity index (χ3n) is 5.12. The van der Waals surface area contributed by atoms with Crippen molar-refractivity contribution in [1.82, 2.24) is 19.9 Å². The van der Waals surface area contributed by atoms with Crippen LogP contribution < -0.4 is 10.1 Å². The molecule has 2 N–H and O–H groups in total. The normalized spacial score (nSPS) is 11.2. The summed E-state index contributed by atoms with van der Waals surface area (Å²) in [6.45, 7) is 0.187. The number of nitrogens with one attached hydrogen (secondary N) is 1. The molecule has 1 amide bonds. The Morgan fingerprint density at radius 1 is 1.05 bits per heavy atom. The van der Waals surface area contributed by atoms with Gasteiger partial charge in [0.25, 0.3) is 5.91 Å². The zero-order valence-electron chi connectivity index (χ0n) is 20.8. The van der Waals surface area contributed by atoms with Gasteiger partial charge in [-0.25, -0.2) is 9.78 Å². The summed E-state index contributed by atoms with van der Waals surface area (Å²) in [4.78, 5) is 39.4. The van der Waals surface area contributed by atoms with Gasteiger partial charge in [0.2, 0.25) is 0 Å². The Morgan fingerprint density at radius 3 is 2.39 bits per heavy atom. The quantitative estimate of drug-likeness (QED) is 0.394. The number of carbonyl (C=O) groups excluding carboxylic acids is 2. The van der Waals surface area contributed by atoms with Crippen LogP contribution in [0.2, 0.25) is 0 Å². The number of hydrogen-bond donors (Lipinski definition) is 2. The number of methoxy groups -OCH3 is 1. The van der Waals surface area contributed by atoms with Gasteiger partial charge in [0.1, 0.15) is 17.3 Å². The smallest absolute Gasteiger partial charge is 0.493 e. The Hall–Kier alpha value is -4.39. The van der Waals surface area contributed by atoms with Gasteiger partial charge in [-0.3, -0.25) is 9.78 Å². The average Bonchev–Trinajstić information content (AvgIpc) is 2.87. The number of alkyl halides is 3. The predicted octanol–water partition coefficient (Wildman–Crippen LogP) is 4.02. The fraction of sp³-hybridized carbons (Fsp3) is 0.280. The van der Waals surface area contributed by atoms with Crippen LogP contribution in [0, 0.1) is 0 Å². The van der Waals surface area contributed by atoms with Gasteiger partial charge in [-0.1, -0.05) is 0 Å². The summed E-state index contributed by atoms with van der Waals surface area (Å²) in [5, 5.41) is 12.9. The summed E-state index contributed by atoms with van der Waals surface area (Å²) in [7, 11) is 4.92. The summed E-state index contributed by atoms with van der Waals surface area (Å²) < 4.78 is 43.8. The third kappa shape index (κ3) is 7.56. The van der Waals surface area contributed by atoms with Gasteiger partial charge in [-0.2, -0.15) is 18.2 Å². The number of phenolic OH excluding ortho intramolecular Hbond substituents is 1. The molecule has 0 atom stereocenters. The number of halogens is 3. The number of hydroxylamine groups is 2. The molecule has 3 rings (SSSR count). The molecular formula is C25H26F3N5O5. The van der Waals surface area contributed by atoms with Gasteiger partial charge in [0.15, 0.2) is 0 Å². The van der Waals surface area contributed by atoms with Crippen molar-refractivity contribution >= 4 is 23.4 Å². The second kappa shape index (κ2) is 12.2. The van der Waals surface area contributed by atoms with Gasteiger partial charge in [0.05, 0.1) is 37.4 Å². The average molecular weight is 534 g/mol. The molecule has 0 unspecified atom stereocenters. The molecule has 0 bridgehead atoms. The number of aromatic hydroxyl groups is 1. The maximum absolute atomic E-state index is 13.1. The van der Waals surface area contributed by atoms with Crippen LogP contribution in [0.4, 0.5) is 24.7 Å². The van der Waals surface area contributed by atoms with Crippen molar-refractivity contribution in [3.63, 3.8) is 0 Å². The van der Waals surface area contributed by atoms with Crippen molar-refractivity contribution in [1.29, 1.82) is 0 Å². The minimum Gasteiger partial charge on any atom is -0.508 e. The number of phenols is 1. The molecule has 0 fully saturated rings. The largest absolute Gasteiger partial charge is 0.508 e. The van der Waals surface area contributed by atoms with Crippen molar-refractivity contribution in [3.8, 4) is 22.8 Å². The van der Waals surface area contributed by atoms with E-state index in [9.17, 15) is 27.9 Å². The van der Waals surface area contributed by atoms with E-state index in [1.807, 2.05) is 0 Å². The molecule has 10 nitrogen and oxygen atoms in total. The molecule has 38 heavy (non-hydrogen) atoms. The van der Waals surface area contributed by atoms with Crippen molar-refractivity contribution < 1.29 is 37.4 Å². The monoisotopic (exact) mass is 533 g/mol. The Bertz CT molecular complexity index is 1270. The Morgan fingerprint density at radius 2 is 1.76 bits per heavy atom. The Labute approximate surface area is 216 Å². The minimum absolute atomic E-state index is 0.0595. The van der Waals surface area contributed by atoms with E-state index in [0.717, 1.165) is 0 Å². The Kier molecular flexibility index (Phi) is 9.07. The van der Waals surface area contributed by atoms with E-state index in [0.29, 0.717) is 28.6 Å². The van der Waals surface area contributed by atoms with Crippen LogP contribution in [0.5, 0.6) is 11.5 Å². The lowest BCUT2D eigenvalue weighted by molar-refractivity contribution is -0.228. The van der Waals surface area contributed by atoms with Crippen LogP contribution in [0.1, 0.15) is 16.8 Å². The predicted molar refractivity (Wildman–Crippen MR) is 132 cm³/mol. The zero-order chi connectivity index (χ0) is 27.9. The number of carbonyl (C=O) groups is 2. The van der Waals surface area contributed by atoms with Crippen molar-refractivity contribution in [2.75, 3.05) is 39.6 Å². The SMILES string of the molecule is COc1ccc(C(=O)N(CCCN(C)C)OC(=O)C(F)(F)F)cc1Nc1cncc(-c2ccc(O)cc2)n1. The van der Waals surface area contributed by atoms with Gasteiger partial charge < -0.3 is 24.9 Å². The molecule has 13 heteroatoms. The van der Waals surface area contributed by atoms with E-state index >= 15 is 0 Å². The van der Waals surface area contributed by atoms with E-state index in [1.54, 1.807) is 31.1 Å². The fourth-order valence-corrected chi connectivity index (χ4v) is 3.29. The molecule has 202 valence electrons. The van der Waals surface area contributed by atoms with Crippen molar-refractivity contribution in [3.05, 3.63) is 60.4 Å². The highest BCUT2D eigenvalue weighted by Crippen LogP contribution is 2.30. The maximum atomic E-state index is 13.1. The lowest BCUT2D eigenvalue weighted by Crippen LogP contribution is -2.39. The van der Waals surface area contributed by atoms with E-state index in [4.69, 9.17) is 4.74 Å². The first-order valence-electron chi connectivity index (χ1n) is 11.3. The number of hydrogen-bond acceptors (Lipinski definition) is 9. The molecule has 3 aromatic rings. The number of nitrogens with zero attached hydrogens (tertiary/aromatic N) is 4. The lowest BCUT2D eigenvalue weighted by Gasteiger charge is -2.23. The second-order valence-electron chi connectivity index (χ2n) is 8.32. The summed E-state index contributed by atoms with van der Waals surface area (Å²) >= 11 is 0. The number of benzene rings is 2. The molecule has 0 aliphatic rings. The summed E-state index contributed by atoms with van der Waals surface area (Å²) in [6, 6.07) is 10.5. The molecule has 0 aliphatic carbocycles. The molecule has 0 spiro atoms. The van der Waals surface area contributed by atoms with Crippen LogP contribution in [0.25, 0.3) is 11.3 Å². The van der Waals surface area contributed by atoms with Gasteiger partial charge in [-0.05, 0) is 69.5 Å². The molecule has 0 aliphatic heterocycles. The van der Waals surface area contributed by atoms with Crippen molar-refractivity contribution in [2.24, 2.45) is 0 Å². The van der Waals surface area contributed by atoms with Gasteiger partial charge in [-0.15, -0.1) is 0 Å².